The summed E-state index contributed by atoms with van der Waals surface area (Å²) in [5, 5.41) is 11.5. The van der Waals surface area contributed by atoms with Crippen LogP contribution < -0.4 is 0 Å². The van der Waals surface area contributed by atoms with E-state index in [2.05, 4.69) is 11.8 Å². The number of aliphatic hydroxyl groups excluding tert-OH is 1. The second-order valence-corrected chi connectivity index (χ2v) is 6.10. The summed E-state index contributed by atoms with van der Waals surface area (Å²) >= 11 is 0. The molecule has 122 valence electrons. The fourth-order valence-electron chi connectivity index (χ4n) is 3.38. The molecule has 0 radical (unpaired) electrons. The summed E-state index contributed by atoms with van der Waals surface area (Å²) < 4.78 is 0. The number of piperazine rings is 1. The molecule has 0 aromatic heterocycles. The zero-order chi connectivity index (χ0) is 16.2. The van der Waals surface area contributed by atoms with Crippen LogP contribution >= 0.6 is 0 Å². The molecule has 1 N–H and O–H groups in total. The highest BCUT2D eigenvalue weighted by Gasteiger charge is 2.26. The Hall–Kier alpha value is -1.91. The van der Waals surface area contributed by atoms with Crippen LogP contribution in [-0.4, -0.2) is 59.6 Å². The number of fused-ring (bicyclic) bond motifs is 1. The number of benzene rings is 2. The standard InChI is InChI=1S/C19H24N2O2/c1-2-16(14-22)20-10-12-21(13-11-20)19(23)18-9-5-7-15-6-3-4-8-17(15)18/h3-9,16,22H,2,10-14H2,1H3. The van der Waals surface area contributed by atoms with Gasteiger partial charge in [0, 0.05) is 37.8 Å². The molecule has 2 aromatic rings. The lowest BCUT2D eigenvalue weighted by molar-refractivity contribution is 0.0474. The van der Waals surface area contributed by atoms with Crippen LogP contribution in [-0.2, 0) is 0 Å². The molecule has 1 unspecified atom stereocenters. The van der Waals surface area contributed by atoms with Gasteiger partial charge in [-0.2, -0.15) is 0 Å². The fraction of sp³-hybridized carbons (Fsp3) is 0.421. The molecule has 1 saturated heterocycles. The fourth-order valence-corrected chi connectivity index (χ4v) is 3.38. The first-order valence-electron chi connectivity index (χ1n) is 8.36. The van der Waals surface area contributed by atoms with Crippen molar-refractivity contribution < 1.29 is 9.90 Å². The normalized spacial score (nSPS) is 17.4. The summed E-state index contributed by atoms with van der Waals surface area (Å²) in [5.41, 5.74) is 0.783. The Bertz CT molecular complexity index is 669. The van der Waals surface area contributed by atoms with Crippen molar-refractivity contribution in [1.29, 1.82) is 0 Å². The van der Waals surface area contributed by atoms with Gasteiger partial charge in [0.25, 0.3) is 5.91 Å². The Kier molecular flexibility index (Phi) is 4.94. The average Bonchev–Trinajstić information content (AvgIpc) is 2.62. The number of hydrogen-bond acceptors (Lipinski definition) is 3. The topological polar surface area (TPSA) is 43.8 Å². The summed E-state index contributed by atoms with van der Waals surface area (Å²) in [5.74, 6) is 0.110. The van der Waals surface area contributed by atoms with E-state index in [4.69, 9.17) is 0 Å². The SMILES string of the molecule is CCC(CO)N1CCN(C(=O)c2cccc3ccccc23)CC1. The van der Waals surface area contributed by atoms with E-state index in [0.29, 0.717) is 0 Å². The average molecular weight is 312 g/mol. The maximum absolute atomic E-state index is 12.9. The maximum atomic E-state index is 12.9. The quantitative estimate of drug-likeness (QED) is 0.942. The highest BCUT2D eigenvalue weighted by atomic mass is 16.3. The van der Waals surface area contributed by atoms with Gasteiger partial charge in [-0.1, -0.05) is 43.3 Å². The summed E-state index contributed by atoms with van der Waals surface area (Å²) in [7, 11) is 0. The largest absolute Gasteiger partial charge is 0.395 e. The number of aliphatic hydroxyl groups is 1. The molecule has 4 heteroatoms. The van der Waals surface area contributed by atoms with Crippen LogP contribution in [0.1, 0.15) is 23.7 Å². The van der Waals surface area contributed by atoms with Crippen molar-refractivity contribution >= 4 is 16.7 Å². The van der Waals surface area contributed by atoms with Crippen LogP contribution in [0.2, 0.25) is 0 Å². The predicted molar refractivity (Wildman–Crippen MR) is 92.6 cm³/mol. The first-order valence-corrected chi connectivity index (χ1v) is 8.36. The van der Waals surface area contributed by atoms with Crippen molar-refractivity contribution in [2.24, 2.45) is 0 Å². The molecule has 1 amide bonds. The summed E-state index contributed by atoms with van der Waals surface area (Å²) in [6.07, 6.45) is 0.938. The van der Waals surface area contributed by atoms with Crippen molar-refractivity contribution in [2.75, 3.05) is 32.8 Å². The maximum Gasteiger partial charge on any atom is 0.254 e. The molecule has 0 aliphatic carbocycles. The number of rotatable bonds is 4. The van der Waals surface area contributed by atoms with Gasteiger partial charge in [-0.05, 0) is 23.3 Å². The summed E-state index contributed by atoms with van der Waals surface area (Å²) in [6, 6.07) is 14.1. The minimum absolute atomic E-state index is 0.110. The molecule has 0 spiro atoms. The van der Waals surface area contributed by atoms with E-state index in [9.17, 15) is 9.90 Å². The van der Waals surface area contributed by atoms with Gasteiger partial charge >= 0.3 is 0 Å². The number of hydrogen-bond donors (Lipinski definition) is 1. The lowest BCUT2D eigenvalue weighted by atomic mass is 10.0. The predicted octanol–water partition coefficient (Wildman–Crippen LogP) is 2.37. The van der Waals surface area contributed by atoms with Crippen LogP contribution in [0.15, 0.2) is 42.5 Å². The van der Waals surface area contributed by atoms with Crippen LogP contribution in [0.25, 0.3) is 10.8 Å². The summed E-state index contributed by atoms with van der Waals surface area (Å²) in [6.45, 7) is 5.38. The van der Waals surface area contributed by atoms with Crippen LogP contribution in [0.5, 0.6) is 0 Å². The number of carbonyl (C=O) groups excluding carboxylic acids is 1. The van der Waals surface area contributed by atoms with E-state index < -0.39 is 0 Å². The smallest absolute Gasteiger partial charge is 0.254 e. The van der Waals surface area contributed by atoms with Gasteiger partial charge in [-0.15, -0.1) is 0 Å². The van der Waals surface area contributed by atoms with Gasteiger partial charge in [-0.25, -0.2) is 0 Å². The Labute approximate surface area is 137 Å². The monoisotopic (exact) mass is 312 g/mol. The number of nitrogens with zero attached hydrogens (tertiary/aromatic N) is 2. The van der Waals surface area contributed by atoms with E-state index in [1.165, 1.54) is 0 Å². The van der Waals surface area contributed by atoms with E-state index >= 15 is 0 Å². The Morgan fingerprint density at radius 3 is 2.48 bits per heavy atom. The molecule has 1 fully saturated rings. The Morgan fingerprint density at radius 1 is 1.09 bits per heavy atom. The van der Waals surface area contributed by atoms with E-state index in [1.807, 2.05) is 47.4 Å². The Morgan fingerprint density at radius 2 is 1.78 bits per heavy atom. The zero-order valence-electron chi connectivity index (χ0n) is 13.6. The number of amides is 1. The zero-order valence-corrected chi connectivity index (χ0v) is 13.6. The molecule has 0 bridgehead atoms. The third-order valence-corrected chi connectivity index (χ3v) is 4.82. The molecule has 1 atom stereocenters. The van der Waals surface area contributed by atoms with E-state index in [0.717, 1.165) is 48.9 Å². The molecule has 3 rings (SSSR count). The second-order valence-electron chi connectivity index (χ2n) is 6.10. The van der Waals surface area contributed by atoms with Gasteiger partial charge in [0.05, 0.1) is 6.61 Å². The highest BCUT2D eigenvalue weighted by molar-refractivity contribution is 6.07. The molecular formula is C19H24N2O2. The molecule has 23 heavy (non-hydrogen) atoms. The minimum atomic E-state index is 0.110. The van der Waals surface area contributed by atoms with Crippen molar-refractivity contribution in [1.82, 2.24) is 9.80 Å². The minimum Gasteiger partial charge on any atom is -0.395 e. The van der Waals surface area contributed by atoms with Gasteiger partial charge in [0.15, 0.2) is 0 Å². The van der Waals surface area contributed by atoms with Gasteiger partial charge in [0.1, 0.15) is 0 Å². The third kappa shape index (κ3) is 3.23. The summed E-state index contributed by atoms with van der Waals surface area (Å²) in [4.78, 5) is 17.1. The lowest BCUT2D eigenvalue weighted by Crippen LogP contribution is -2.52. The van der Waals surface area contributed by atoms with Crippen molar-refractivity contribution in [3.8, 4) is 0 Å². The van der Waals surface area contributed by atoms with Crippen molar-refractivity contribution in [3.05, 3.63) is 48.0 Å². The second kappa shape index (κ2) is 7.11. The first-order chi connectivity index (χ1) is 11.2. The number of carbonyl (C=O) groups is 1. The molecule has 4 nitrogen and oxygen atoms in total. The van der Waals surface area contributed by atoms with Gasteiger partial charge < -0.3 is 10.0 Å². The van der Waals surface area contributed by atoms with E-state index in [-0.39, 0.29) is 18.6 Å². The van der Waals surface area contributed by atoms with Crippen LogP contribution in [0.3, 0.4) is 0 Å². The molecule has 1 aliphatic rings. The molecule has 2 aromatic carbocycles. The highest BCUT2D eigenvalue weighted by Crippen LogP contribution is 2.21. The van der Waals surface area contributed by atoms with Crippen molar-refractivity contribution in [3.63, 3.8) is 0 Å². The lowest BCUT2D eigenvalue weighted by Gasteiger charge is -2.38. The molecular weight excluding hydrogens is 288 g/mol. The van der Waals surface area contributed by atoms with Crippen LogP contribution in [0.4, 0.5) is 0 Å². The van der Waals surface area contributed by atoms with Gasteiger partial charge in [-0.3, -0.25) is 9.69 Å². The third-order valence-electron chi connectivity index (χ3n) is 4.82. The van der Waals surface area contributed by atoms with Gasteiger partial charge in [0.2, 0.25) is 0 Å². The Balaban J connectivity index is 1.74. The molecule has 1 aliphatic heterocycles. The molecule has 1 heterocycles. The molecule has 0 saturated carbocycles. The van der Waals surface area contributed by atoms with Crippen molar-refractivity contribution in [2.45, 2.75) is 19.4 Å². The van der Waals surface area contributed by atoms with E-state index in [1.54, 1.807) is 0 Å². The van der Waals surface area contributed by atoms with Crippen LogP contribution in [0, 0.1) is 0 Å². The first kappa shape index (κ1) is 16.0.